The van der Waals surface area contributed by atoms with Gasteiger partial charge in [-0.05, 0) is 49.3 Å². The van der Waals surface area contributed by atoms with Crippen LogP contribution in [0.2, 0.25) is 0 Å². The van der Waals surface area contributed by atoms with Crippen molar-refractivity contribution < 1.29 is 9.53 Å². The minimum absolute atomic E-state index is 0.0110. The first-order valence-electron chi connectivity index (χ1n) is 9.26. The quantitative estimate of drug-likeness (QED) is 0.448. The van der Waals surface area contributed by atoms with E-state index < -0.39 is 0 Å². The van der Waals surface area contributed by atoms with Crippen molar-refractivity contribution in [3.05, 3.63) is 60.9 Å². The summed E-state index contributed by atoms with van der Waals surface area (Å²) in [6, 6.07) is 17.2. The molecule has 0 fully saturated rings. The molecule has 0 bridgehead atoms. The van der Waals surface area contributed by atoms with E-state index in [1.165, 1.54) is 11.2 Å². The SMILES string of the molecule is CNSc1cccc(Nc2cc(Nc3cccc(OCC(=O)N(C)C)c3)ncn2)c1. The molecule has 3 rings (SSSR count). The summed E-state index contributed by atoms with van der Waals surface area (Å²) in [5.74, 6) is 1.80. The molecule has 156 valence electrons. The van der Waals surface area contributed by atoms with Crippen molar-refractivity contribution in [2.75, 3.05) is 38.4 Å². The fourth-order valence-corrected chi connectivity index (χ4v) is 3.05. The van der Waals surface area contributed by atoms with Crippen LogP contribution < -0.4 is 20.1 Å². The molecule has 0 atom stereocenters. The molecular formula is C21H24N6O2S. The Morgan fingerprint density at radius 2 is 1.67 bits per heavy atom. The van der Waals surface area contributed by atoms with Crippen molar-refractivity contribution in [1.82, 2.24) is 19.6 Å². The molecule has 3 aromatic rings. The maximum Gasteiger partial charge on any atom is 0.259 e. The summed E-state index contributed by atoms with van der Waals surface area (Å²) in [5, 5.41) is 6.52. The molecule has 0 radical (unpaired) electrons. The van der Waals surface area contributed by atoms with Crippen LogP contribution in [0.15, 0.2) is 65.8 Å². The summed E-state index contributed by atoms with van der Waals surface area (Å²) in [6.07, 6.45) is 1.49. The Morgan fingerprint density at radius 1 is 1.00 bits per heavy atom. The highest BCUT2D eigenvalue weighted by atomic mass is 32.2. The minimum atomic E-state index is -0.0999. The van der Waals surface area contributed by atoms with Crippen LogP contribution in [0.25, 0.3) is 0 Å². The molecule has 9 heteroatoms. The van der Waals surface area contributed by atoms with Crippen LogP contribution >= 0.6 is 11.9 Å². The van der Waals surface area contributed by atoms with Crippen molar-refractivity contribution in [3.63, 3.8) is 0 Å². The van der Waals surface area contributed by atoms with E-state index in [4.69, 9.17) is 4.74 Å². The number of benzene rings is 2. The second-order valence-electron chi connectivity index (χ2n) is 6.48. The van der Waals surface area contributed by atoms with Gasteiger partial charge in [-0.3, -0.25) is 9.52 Å². The smallest absolute Gasteiger partial charge is 0.259 e. The van der Waals surface area contributed by atoms with E-state index in [0.29, 0.717) is 17.4 Å². The second-order valence-corrected chi connectivity index (χ2v) is 7.56. The van der Waals surface area contributed by atoms with E-state index in [1.807, 2.05) is 55.6 Å². The lowest BCUT2D eigenvalue weighted by molar-refractivity contribution is -0.130. The number of carbonyl (C=O) groups is 1. The summed E-state index contributed by atoms with van der Waals surface area (Å²) >= 11 is 1.54. The Labute approximate surface area is 180 Å². The minimum Gasteiger partial charge on any atom is -0.484 e. The lowest BCUT2D eigenvalue weighted by Crippen LogP contribution is -2.27. The third-order valence-corrected chi connectivity index (χ3v) is 4.65. The van der Waals surface area contributed by atoms with Crippen molar-refractivity contribution in [3.8, 4) is 5.75 Å². The molecule has 8 nitrogen and oxygen atoms in total. The molecule has 1 heterocycles. The zero-order valence-electron chi connectivity index (χ0n) is 17.0. The van der Waals surface area contributed by atoms with Gasteiger partial charge in [-0.25, -0.2) is 9.97 Å². The van der Waals surface area contributed by atoms with Gasteiger partial charge in [0.05, 0.1) is 0 Å². The zero-order valence-corrected chi connectivity index (χ0v) is 17.9. The lowest BCUT2D eigenvalue weighted by Gasteiger charge is -2.13. The number of nitrogens with zero attached hydrogens (tertiary/aromatic N) is 3. The van der Waals surface area contributed by atoms with E-state index in [-0.39, 0.29) is 12.5 Å². The average Bonchev–Trinajstić information content (AvgIpc) is 2.73. The number of aromatic nitrogens is 2. The highest BCUT2D eigenvalue weighted by molar-refractivity contribution is 7.97. The number of carbonyl (C=O) groups excluding carboxylic acids is 1. The van der Waals surface area contributed by atoms with Crippen LogP contribution in [-0.4, -0.2) is 48.5 Å². The summed E-state index contributed by atoms with van der Waals surface area (Å²) in [6.45, 7) is -0.0110. The fourth-order valence-electron chi connectivity index (χ4n) is 2.48. The highest BCUT2D eigenvalue weighted by Gasteiger charge is 2.06. The van der Waals surface area contributed by atoms with Gasteiger partial charge in [0.2, 0.25) is 0 Å². The predicted molar refractivity (Wildman–Crippen MR) is 121 cm³/mol. The number of hydrogen-bond donors (Lipinski definition) is 3. The molecule has 1 amide bonds. The van der Waals surface area contributed by atoms with Gasteiger partial charge in [-0.2, -0.15) is 0 Å². The number of ether oxygens (including phenoxy) is 1. The van der Waals surface area contributed by atoms with Crippen molar-refractivity contribution in [2.24, 2.45) is 0 Å². The van der Waals surface area contributed by atoms with Crippen molar-refractivity contribution in [1.29, 1.82) is 0 Å². The van der Waals surface area contributed by atoms with Crippen molar-refractivity contribution >= 4 is 40.9 Å². The molecule has 0 saturated heterocycles. The van der Waals surface area contributed by atoms with Gasteiger partial charge >= 0.3 is 0 Å². The first-order chi connectivity index (χ1) is 14.5. The number of likely N-dealkylation sites (N-methyl/N-ethyl adjacent to an activating group) is 1. The zero-order chi connectivity index (χ0) is 21.3. The molecule has 0 unspecified atom stereocenters. The Balaban J connectivity index is 1.66. The molecule has 2 aromatic carbocycles. The van der Waals surface area contributed by atoms with E-state index >= 15 is 0 Å². The van der Waals surface area contributed by atoms with Crippen LogP contribution in [0.5, 0.6) is 5.75 Å². The predicted octanol–water partition coefficient (Wildman–Crippen LogP) is 3.66. The standard InChI is InChI=1S/C21H24N6O2S/c1-22-30-18-9-5-7-16(11-18)26-20-12-19(23-14-24-20)25-15-6-4-8-17(10-15)29-13-21(28)27(2)3/h4-12,14,22H,13H2,1-3H3,(H2,23,24,25,26). The molecular weight excluding hydrogens is 400 g/mol. The Hall–Kier alpha value is -3.30. The van der Waals surface area contributed by atoms with E-state index in [1.54, 1.807) is 32.1 Å². The van der Waals surface area contributed by atoms with Crippen LogP contribution in [0.1, 0.15) is 0 Å². The molecule has 30 heavy (non-hydrogen) atoms. The first kappa shape index (κ1) is 21.4. The van der Waals surface area contributed by atoms with Crippen LogP contribution in [0.3, 0.4) is 0 Å². The number of hydrogen-bond acceptors (Lipinski definition) is 8. The van der Waals surface area contributed by atoms with Gasteiger partial charge in [-0.1, -0.05) is 12.1 Å². The molecule has 3 N–H and O–H groups in total. The van der Waals surface area contributed by atoms with Crippen LogP contribution in [0, 0.1) is 0 Å². The van der Waals surface area contributed by atoms with E-state index in [9.17, 15) is 4.79 Å². The molecule has 0 saturated carbocycles. The van der Waals surface area contributed by atoms with E-state index in [0.717, 1.165) is 16.3 Å². The number of rotatable bonds is 9. The Kier molecular flexibility index (Phi) is 7.47. The van der Waals surface area contributed by atoms with Gasteiger partial charge in [-0.15, -0.1) is 0 Å². The molecule has 0 spiro atoms. The maximum absolute atomic E-state index is 11.7. The van der Waals surface area contributed by atoms with Gasteiger partial charge < -0.3 is 20.3 Å². The average molecular weight is 425 g/mol. The second kappa shape index (κ2) is 10.5. The summed E-state index contributed by atoms with van der Waals surface area (Å²) < 4.78 is 8.62. The van der Waals surface area contributed by atoms with Gasteiger partial charge in [0, 0.05) is 42.5 Å². The third kappa shape index (κ3) is 6.36. The summed E-state index contributed by atoms with van der Waals surface area (Å²) in [7, 11) is 5.27. The summed E-state index contributed by atoms with van der Waals surface area (Å²) in [4.78, 5) is 22.8. The van der Waals surface area contributed by atoms with Crippen LogP contribution in [0.4, 0.5) is 23.0 Å². The van der Waals surface area contributed by atoms with Gasteiger partial charge in [0.15, 0.2) is 6.61 Å². The normalized spacial score (nSPS) is 10.4. The molecule has 1 aromatic heterocycles. The highest BCUT2D eigenvalue weighted by Crippen LogP contribution is 2.24. The number of nitrogens with one attached hydrogen (secondary N) is 3. The third-order valence-electron chi connectivity index (χ3n) is 3.96. The number of amides is 1. The maximum atomic E-state index is 11.7. The largest absolute Gasteiger partial charge is 0.484 e. The summed E-state index contributed by atoms with van der Waals surface area (Å²) in [5.41, 5.74) is 1.72. The first-order valence-corrected chi connectivity index (χ1v) is 10.1. The van der Waals surface area contributed by atoms with Gasteiger partial charge in [0.1, 0.15) is 23.7 Å². The van der Waals surface area contributed by atoms with E-state index in [2.05, 4.69) is 25.3 Å². The molecule has 0 aliphatic rings. The number of anilines is 4. The van der Waals surface area contributed by atoms with Gasteiger partial charge in [0.25, 0.3) is 5.91 Å². The molecule has 0 aliphatic heterocycles. The topological polar surface area (TPSA) is 91.4 Å². The monoisotopic (exact) mass is 424 g/mol. The van der Waals surface area contributed by atoms with Crippen LogP contribution in [-0.2, 0) is 4.79 Å². The molecule has 0 aliphatic carbocycles. The lowest BCUT2D eigenvalue weighted by atomic mass is 10.3. The fraction of sp³-hybridized carbons (Fsp3) is 0.190. The van der Waals surface area contributed by atoms with Crippen molar-refractivity contribution in [2.45, 2.75) is 4.90 Å². The Bertz CT molecular complexity index is 998. The Morgan fingerprint density at radius 3 is 2.33 bits per heavy atom.